The van der Waals surface area contributed by atoms with E-state index in [0.29, 0.717) is 18.8 Å². The summed E-state index contributed by atoms with van der Waals surface area (Å²) in [5.41, 5.74) is 1.03. The van der Waals surface area contributed by atoms with Gasteiger partial charge in [0.05, 0.1) is 11.0 Å². The minimum Gasteiger partial charge on any atom is -0.490 e. The zero-order valence-corrected chi connectivity index (χ0v) is 19.1. The third-order valence-corrected chi connectivity index (χ3v) is 5.92. The highest BCUT2D eigenvalue weighted by Gasteiger charge is 2.30. The number of ether oxygens (including phenoxy) is 2. The highest BCUT2D eigenvalue weighted by molar-refractivity contribution is 5.71. The first-order valence-corrected chi connectivity index (χ1v) is 11.3. The minimum atomic E-state index is -0.542. The Morgan fingerprint density at radius 2 is 1.94 bits per heavy atom. The van der Waals surface area contributed by atoms with Crippen LogP contribution in [0.4, 0.5) is 16.2 Å². The Kier molecular flexibility index (Phi) is 7.28. The zero-order chi connectivity index (χ0) is 22.6. The van der Waals surface area contributed by atoms with Gasteiger partial charge in [-0.05, 0) is 78.2 Å². The van der Waals surface area contributed by atoms with Crippen molar-refractivity contribution in [1.82, 2.24) is 5.32 Å². The van der Waals surface area contributed by atoms with Crippen LogP contribution in [0.2, 0.25) is 0 Å². The molecule has 8 nitrogen and oxygen atoms in total. The lowest BCUT2D eigenvalue weighted by Gasteiger charge is -2.35. The monoisotopic (exact) mass is 433 g/mol. The summed E-state index contributed by atoms with van der Waals surface area (Å²) in [7, 11) is 0. The molecule has 1 N–H and O–H groups in total. The average Bonchev–Trinajstić information content (AvgIpc) is 3.19. The summed E-state index contributed by atoms with van der Waals surface area (Å²) in [4.78, 5) is 25.5. The third kappa shape index (κ3) is 6.24. The normalized spacial score (nSPS) is 19.9. The minimum absolute atomic E-state index is 0.108. The van der Waals surface area contributed by atoms with Crippen LogP contribution >= 0.6 is 0 Å². The number of benzene rings is 1. The molecular weight excluding hydrogens is 398 g/mol. The van der Waals surface area contributed by atoms with Crippen molar-refractivity contribution in [2.24, 2.45) is 5.92 Å². The van der Waals surface area contributed by atoms with Gasteiger partial charge in [0.2, 0.25) is 0 Å². The number of amides is 1. The van der Waals surface area contributed by atoms with Crippen LogP contribution in [0.1, 0.15) is 64.9 Å². The Balaban J connectivity index is 1.73. The first-order valence-electron chi connectivity index (χ1n) is 11.3. The van der Waals surface area contributed by atoms with Crippen molar-refractivity contribution in [2.75, 3.05) is 24.5 Å². The summed E-state index contributed by atoms with van der Waals surface area (Å²) < 4.78 is 11.5. The highest BCUT2D eigenvalue weighted by atomic mass is 16.6. The molecule has 172 valence electrons. The highest BCUT2D eigenvalue weighted by Crippen LogP contribution is 2.40. The van der Waals surface area contributed by atoms with Gasteiger partial charge in [0.1, 0.15) is 17.0 Å². The van der Waals surface area contributed by atoms with Crippen LogP contribution in [0.5, 0.6) is 5.75 Å². The fourth-order valence-corrected chi connectivity index (χ4v) is 4.50. The summed E-state index contributed by atoms with van der Waals surface area (Å²) in [5.74, 6) is 0.932. The molecular formula is C23H35N3O5. The lowest BCUT2D eigenvalue weighted by Crippen LogP contribution is -2.42. The molecule has 0 unspecified atom stereocenters. The third-order valence-electron chi connectivity index (χ3n) is 5.92. The Morgan fingerprint density at radius 1 is 1.23 bits per heavy atom. The predicted octanol–water partition coefficient (Wildman–Crippen LogP) is 4.97. The number of alkyl carbamates (subject to hydrolysis) is 1. The van der Waals surface area contributed by atoms with Crippen LogP contribution < -0.4 is 15.0 Å². The topological polar surface area (TPSA) is 93.9 Å². The van der Waals surface area contributed by atoms with E-state index in [0.717, 1.165) is 43.5 Å². The van der Waals surface area contributed by atoms with Crippen LogP contribution in [0.15, 0.2) is 12.1 Å². The second-order valence-electron chi connectivity index (χ2n) is 9.67. The maximum atomic E-state index is 12.0. The van der Waals surface area contributed by atoms with Gasteiger partial charge in [-0.15, -0.1) is 0 Å². The van der Waals surface area contributed by atoms with Gasteiger partial charge >= 0.3 is 6.09 Å². The summed E-state index contributed by atoms with van der Waals surface area (Å²) in [6.45, 7) is 9.28. The van der Waals surface area contributed by atoms with Gasteiger partial charge in [0.15, 0.2) is 0 Å². The van der Waals surface area contributed by atoms with Crippen LogP contribution in [-0.4, -0.2) is 42.4 Å². The van der Waals surface area contributed by atoms with Crippen molar-refractivity contribution >= 4 is 17.5 Å². The molecule has 0 aromatic heterocycles. The van der Waals surface area contributed by atoms with Crippen LogP contribution in [-0.2, 0) is 4.74 Å². The van der Waals surface area contributed by atoms with Gasteiger partial charge in [-0.1, -0.05) is 0 Å². The molecule has 1 heterocycles. The molecule has 0 spiro atoms. The predicted molar refractivity (Wildman–Crippen MR) is 120 cm³/mol. The molecule has 2 fully saturated rings. The number of anilines is 1. The smallest absolute Gasteiger partial charge is 0.407 e. The van der Waals surface area contributed by atoms with E-state index in [2.05, 4.69) is 10.2 Å². The van der Waals surface area contributed by atoms with Crippen molar-refractivity contribution in [2.45, 2.75) is 77.9 Å². The van der Waals surface area contributed by atoms with Crippen molar-refractivity contribution in [3.63, 3.8) is 0 Å². The molecule has 1 aromatic carbocycles. The van der Waals surface area contributed by atoms with Gasteiger partial charge < -0.3 is 19.7 Å². The van der Waals surface area contributed by atoms with Crippen molar-refractivity contribution in [1.29, 1.82) is 0 Å². The van der Waals surface area contributed by atoms with E-state index in [9.17, 15) is 14.9 Å². The Hall–Kier alpha value is -2.51. The molecule has 1 saturated heterocycles. The first-order chi connectivity index (χ1) is 14.6. The summed E-state index contributed by atoms with van der Waals surface area (Å²) in [5, 5.41) is 14.6. The summed E-state index contributed by atoms with van der Waals surface area (Å²) in [6.07, 6.45) is 6.03. The number of rotatable bonds is 6. The molecule has 1 atom stereocenters. The number of carbonyl (C=O) groups excluding carboxylic acids is 1. The van der Waals surface area contributed by atoms with Crippen LogP contribution in [0.3, 0.4) is 0 Å². The lowest BCUT2D eigenvalue weighted by atomic mass is 9.96. The molecule has 1 saturated carbocycles. The number of hydrogen-bond acceptors (Lipinski definition) is 6. The standard InChI is InChI=1S/C23H35N3O5/c1-16-20(30-18-9-5-6-10-18)12-11-19(26(28)29)21(16)25-13-7-8-17(15-25)14-24-22(27)31-23(2,3)4/h11-12,17-18H,5-10,13-15H2,1-4H3,(H,24,27)/t17-/m0/s1. The lowest BCUT2D eigenvalue weighted by molar-refractivity contribution is -0.384. The molecule has 1 aliphatic heterocycles. The average molecular weight is 434 g/mol. The number of nitrogens with zero attached hydrogens (tertiary/aromatic N) is 2. The van der Waals surface area contributed by atoms with Gasteiger partial charge in [0, 0.05) is 31.3 Å². The van der Waals surface area contributed by atoms with Crippen molar-refractivity contribution in [3.05, 3.63) is 27.8 Å². The largest absolute Gasteiger partial charge is 0.490 e. The second-order valence-corrected chi connectivity index (χ2v) is 9.67. The van der Waals surface area contributed by atoms with E-state index in [1.54, 1.807) is 12.1 Å². The molecule has 1 aliphatic carbocycles. The van der Waals surface area contributed by atoms with E-state index in [-0.39, 0.29) is 22.6 Å². The maximum absolute atomic E-state index is 12.0. The SMILES string of the molecule is Cc1c(OC2CCCC2)ccc([N+](=O)[O-])c1N1CCC[C@@H](CNC(=O)OC(C)(C)C)C1. The Morgan fingerprint density at radius 3 is 2.58 bits per heavy atom. The number of carbonyl (C=O) groups is 1. The second kappa shape index (κ2) is 9.75. The van der Waals surface area contributed by atoms with E-state index >= 15 is 0 Å². The fourth-order valence-electron chi connectivity index (χ4n) is 4.50. The summed E-state index contributed by atoms with van der Waals surface area (Å²) in [6, 6.07) is 3.30. The van der Waals surface area contributed by atoms with E-state index in [4.69, 9.17) is 9.47 Å². The zero-order valence-electron chi connectivity index (χ0n) is 19.1. The van der Waals surface area contributed by atoms with Gasteiger partial charge in [-0.2, -0.15) is 0 Å². The fraction of sp³-hybridized carbons (Fsp3) is 0.696. The Bertz CT molecular complexity index is 799. The van der Waals surface area contributed by atoms with Crippen LogP contribution in [0, 0.1) is 23.0 Å². The Labute approximate surface area is 184 Å². The molecule has 31 heavy (non-hydrogen) atoms. The molecule has 0 bridgehead atoms. The summed E-state index contributed by atoms with van der Waals surface area (Å²) >= 11 is 0. The van der Waals surface area contributed by atoms with Gasteiger partial charge in [0.25, 0.3) is 5.69 Å². The number of nitrogens with one attached hydrogen (secondary N) is 1. The maximum Gasteiger partial charge on any atom is 0.407 e. The van der Waals surface area contributed by atoms with E-state index in [1.807, 2.05) is 27.7 Å². The molecule has 1 amide bonds. The van der Waals surface area contributed by atoms with Crippen LogP contribution in [0.25, 0.3) is 0 Å². The van der Waals surface area contributed by atoms with Crippen molar-refractivity contribution < 1.29 is 19.2 Å². The van der Waals surface area contributed by atoms with Crippen molar-refractivity contribution in [3.8, 4) is 5.75 Å². The molecule has 2 aliphatic rings. The van der Waals surface area contributed by atoms with Gasteiger partial charge in [-0.25, -0.2) is 4.79 Å². The quantitative estimate of drug-likeness (QED) is 0.503. The molecule has 3 rings (SSSR count). The first kappa shape index (κ1) is 23.2. The number of nitro benzene ring substituents is 1. The number of hydrogen-bond donors (Lipinski definition) is 1. The van der Waals surface area contributed by atoms with E-state index < -0.39 is 11.7 Å². The molecule has 0 radical (unpaired) electrons. The number of nitro groups is 1. The van der Waals surface area contributed by atoms with Gasteiger partial charge in [-0.3, -0.25) is 10.1 Å². The molecule has 1 aromatic rings. The van der Waals surface area contributed by atoms with E-state index in [1.165, 1.54) is 12.8 Å². The molecule has 8 heteroatoms. The number of piperidine rings is 1.